The molecule has 0 saturated heterocycles. The maximum atomic E-state index is 3.66. The maximum absolute atomic E-state index is 3.66. The summed E-state index contributed by atoms with van der Waals surface area (Å²) >= 11 is 0. The van der Waals surface area contributed by atoms with Crippen LogP contribution in [0.5, 0.6) is 0 Å². The van der Waals surface area contributed by atoms with Crippen molar-refractivity contribution >= 4 is 0 Å². The topological polar surface area (TPSA) is 12.0 Å². The second kappa shape index (κ2) is 7.50. The van der Waals surface area contributed by atoms with Gasteiger partial charge in [0.25, 0.3) is 0 Å². The smallest absolute Gasteiger partial charge is 0.0110 e. The molecule has 1 heteroatoms. The molecule has 0 fully saturated rings. The normalized spacial score (nSPS) is 13.0. The third-order valence-corrected chi connectivity index (χ3v) is 3.04. The Morgan fingerprint density at radius 1 is 1.12 bits per heavy atom. The first-order valence-corrected chi connectivity index (χ1v) is 6.90. The minimum Gasteiger partial charge on any atom is -0.314 e. The summed E-state index contributed by atoms with van der Waals surface area (Å²) in [6.45, 7) is 10.1. The van der Waals surface area contributed by atoms with Crippen molar-refractivity contribution in [1.29, 1.82) is 0 Å². The van der Waals surface area contributed by atoms with Gasteiger partial charge in [0.15, 0.2) is 0 Å². The van der Waals surface area contributed by atoms with Gasteiger partial charge in [0.2, 0.25) is 0 Å². The summed E-state index contributed by atoms with van der Waals surface area (Å²) in [6, 6.07) is 9.56. The van der Waals surface area contributed by atoms with Crippen LogP contribution in [0.15, 0.2) is 24.3 Å². The van der Waals surface area contributed by atoms with Crippen LogP contribution in [0.25, 0.3) is 0 Å². The van der Waals surface area contributed by atoms with Gasteiger partial charge in [0, 0.05) is 6.04 Å². The van der Waals surface area contributed by atoms with E-state index in [0.717, 1.165) is 18.9 Å². The standard InChI is InChI=1S/C16H27N/c1-5-10-17-16(11-13(2)3)12-15-8-6-14(4)7-9-15/h6-9,13,16-17H,5,10-12H2,1-4H3. The van der Waals surface area contributed by atoms with Crippen LogP contribution >= 0.6 is 0 Å². The summed E-state index contributed by atoms with van der Waals surface area (Å²) in [4.78, 5) is 0. The Bertz CT molecular complexity index is 300. The van der Waals surface area contributed by atoms with E-state index in [4.69, 9.17) is 0 Å². The number of hydrogen-bond acceptors (Lipinski definition) is 1. The maximum Gasteiger partial charge on any atom is 0.0110 e. The van der Waals surface area contributed by atoms with Gasteiger partial charge in [-0.15, -0.1) is 0 Å². The first-order chi connectivity index (χ1) is 8.11. The van der Waals surface area contributed by atoms with E-state index in [9.17, 15) is 0 Å². The first-order valence-electron chi connectivity index (χ1n) is 6.90. The summed E-state index contributed by atoms with van der Waals surface area (Å²) < 4.78 is 0. The fourth-order valence-electron chi connectivity index (χ4n) is 2.17. The van der Waals surface area contributed by atoms with Crippen LogP contribution in [0.2, 0.25) is 0 Å². The highest BCUT2D eigenvalue weighted by molar-refractivity contribution is 5.22. The van der Waals surface area contributed by atoms with E-state index in [2.05, 4.69) is 57.3 Å². The van der Waals surface area contributed by atoms with E-state index in [1.807, 2.05) is 0 Å². The van der Waals surface area contributed by atoms with Gasteiger partial charge in [-0.25, -0.2) is 0 Å². The molecule has 1 nitrogen and oxygen atoms in total. The number of rotatable bonds is 7. The zero-order valence-electron chi connectivity index (χ0n) is 11.8. The average molecular weight is 233 g/mol. The Hall–Kier alpha value is -0.820. The van der Waals surface area contributed by atoms with Crippen molar-refractivity contribution in [3.05, 3.63) is 35.4 Å². The lowest BCUT2D eigenvalue weighted by atomic mass is 9.96. The second-order valence-corrected chi connectivity index (χ2v) is 5.47. The van der Waals surface area contributed by atoms with E-state index in [1.54, 1.807) is 0 Å². The molecule has 0 aliphatic carbocycles. The number of hydrogen-bond donors (Lipinski definition) is 1. The Kier molecular flexibility index (Phi) is 6.28. The zero-order chi connectivity index (χ0) is 12.7. The molecule has 0 spiro atoms. The SMILES string of the molecule is CCCNC(Cc1ccc(C)cc1)CC(C)C. The van der Waals surface area contributed by atoms with Crippen molar-refractivity contribution in [1.82, 2.24) is 5.32 Å². The predicted molar refractivity (Wildman–Crippen MR) is 76.4 cm³/mol. The summed E-state index contributed by atoms with van der Waals surface area (Å²) in [5.74, 6) is 0.759. The van der Waals surface area contributed by atoms with Gasteiger partial charge in [0.05, 0.1) is 0 Å². The molecule has 1 atom stereocenters. The Morgan fingerprint density at radius 3 is 2.29 bits per heavy atom. The molecular weight excluding hydrogens is 206 g/mol. The van der Waals surface area contributed by atoms with Crippen molar-refractivity contribution in [3.63, 3.8) is 0 Å². The Balaban J connectivity index is 2.54. The molecule has 17 heavy (non-hydrogen) atoms. The minimum atomic E-state index is 0.623. The van der Waals surface area contributed by atoms with Gasteiger partial charge in [-0.3, -0.25) is 0 Å². The Morgan fingerprint density at radius 2 is 1.76 bits per heavy atom. The molecule has 1 aromatic carbocycles. The second-order valence-electron chi connectivity index (χ2n) is 5.47. The van der Waals surface area contributed by atoms with Crippen molar-refractivity contribution < 1.29 is 0 Å². The third kappa shape index (κ3) is 5.88. The molecule has 0 heterocycles. The molecule has 96 valence electrons. The van der Waals surface area contributed by atoms with Crippen LogP contribution in [-0.4, -0.2) is 12.6 Å². The molecule has 0 saturated carbocycles. The predicted octanol–water partition coefficient (Wildman–Crippen LogP) is 3.95. The fourth-order valence-corrected chi connectivity index (χ4v) is 2.17. The highest BCUT2D eigenvalue weighted by atomic mass is 14.9. The van der Waals surface area contributed by atoms with Gasteiger partial charge in [0.1, 0.15) is 0 Å². The van der Waals surface area contributed by atoms with E-state index in [0.29, 0.717) is 6.04 Å². The first kappa shape index (κ1) is 14.2. The third-order valence-electron chi connectivity index (χ3n) is 3.04. The van der Waals surface area contributed by atoms with Crippen molar-refractivity contribution in [2.75, 3.05) is 6.54 Å². The van der Waals surface area contributed by atoms with Crippen molar-refractivity contribution in [3.8, 4) is 0 Å². The molecule has 0 aliphatic heterocycles. The van der Waals surface area contributed by atoms with Crippen LogP contribution in [0.3, 0.4) is 0 Å². The number of nitrogens with one attached hydrogen (secondary N) is 1. The van der Waals surface area contributed by atoms with Crippen LogP contribution in [0, 0.1) is 12.8 Å². The average Bonchev–Trinajstić information content (AvgIpc) is 2.28. The number of aryl methyl sites for hydroxylation is 1. The van der Waals surface area contributed by atoms with Crippen molar-refractivity contribution in [2.45, 2.75) is 53.0 Å². The number of benzene rings is 1. The molecule has 0 aromatic heterocycles. The van der Waals surface area contributed by atoms with Crippen LogP contribution in [-0.2, 0) is 6.42 Å². The molecule has 0 amide bonds. The molecule has 1 rings (SSSR count). The van der Waals surface area contributed by atoms with Gasteiger partial charge in [-0.2, -0.15) is 0 Å². The molecule has 1 unspecified atom stereocenters. The summed E-state index contributed by atoms with van der Waals surface area (Å²) in [7, 11) is 0. The lowest BCUT2D eigenvalue weighted by Gasteiger charge is -2.20. The molecule has 0 bridgehead atoms. The molecular formula is C16H27N. The summed E-state index contributed by atoms with van der Waals surface area (Å²) in [5, 5.41) is 3.66. The largest absolute Gasteiger partial charge is 0.314 e. The lowest BCUT2D eigenvalue weighted by molar-refractivity contribution is 0.416. The van der Waals surface area contributed by atoms with Crippen LogP contribution in [0.4, 0.5) is 0 Å². The van der Waals surface area contributed by atoms with Gasteiger partial charge in [-0.05, 0) is 44.2 Å². The van der Waals surface area contributed by atoms with E-state index < -0.39 is 0 Å². The lowest BCUT2D eigenvalue weighted by Crippen LogP contribution is -2.33. The minimum absolute atomic E-state index is 0.623. The molecule has 0 radical (unpaired) electrons. The van der Waals surface area contributed by atoms with Gasteiger partial charge < -0.3 is 5.32 Å². The van der Waals surface area contributed by atoms with Gasteiger partial charge >= 0.3 is 0 Å². The quantitative estimate of drug-likeness (QED) is 0.752. The molecule has 1 N–H and O–H groups in total. The monoisotopic (exact) mass is 233 g/mol. The highest BCUT2D eigenvalue weighted by Gasteiger charge is 2.10. The zero-order valence-corrected chi connectivity index (χ0v) is 11.8. The molecule has 0 aliphatic rings. The van der Waals surface area contributed by atoms with Crippen LogP contribution < -0.4 is 5.32 Å². The van der Waals surface area contributed by atoms with Gasteiger partial charge in [-0.1, -0.05) is 50.6 Å². The summed E-state index contributed by atoms with van der Waals surface area (Å²) in [5.41, 5.74) is 2.79. The van der Waals surface area contributed by atoms with Crippen LogP contribution in [0.1, 0.15) is 44.7 Å². The van der Waals surface area contributed by atoms with E-state index >= 15 is 0 Å². The Labute approximate surface area is 107 Å². The van der Waals surface area contributed by atoms with Crippen molar-refractivity contribution in [2.24, 2.45) is 5.92 Å². The van der Waals surface area contributed by atoms with E-state index in [-0.39, 0.29) is 0 Å². The summed E-state index contributed by atoms with van der Waals surface area (Å²) in [6.07, 6.45) is 3.62. The van der Waals surface area contributed by atoms with E-state index in [1.165, 1.54) is 24.0 Å². The molecule has 1 aromatic rings. The fraction of sp³-hybridized carbons (Fsp3) is 0.625. The highest BCUT2D eigenvalue weighted by Crippen LogP contribution is 2.12.